The van der Waals surface area contributed by atoms with Gasteiger partial charge in [-0.25, -0.2) is 0 Å². The van der Waals surface area contributed by atoms with Crippen LogP contribution in [0.15, 0.2) is 18.2 Å². The quantitative estimate of drug-likeness (QED) is 0.638. The van der Waals surface area contributed by atoms with Crippen molar-refractivity contribution in [3.8, 4) is 0 Å². The molecule has 1 aliphatic heterocycles. The smallest absolute Gasteiger partial charge is 0.289 e. The van der Waals surface area contributed by atoms with E-state index < -0.39 is 4.92 Å². The standard InChI is InChI=1S/C13H16ClN3O4/c1-2-15-11-7-21-6-9(11)13(18)16-8-3-4-10(14)12(5-8)17(19)20/h3-5,9,11,15H,2,6-7H2,1H3,(H,16,18). The fourth-order valence-electron chi connectivity index (χ4n) is 2.24. The molecule has 1 fully saturated rings. The zero-order valence-corrected chi connectivity index (χ0v) is 12.2. The minimum Gasteiger partial charge on any atom is -0.379 e. The maximum Gasteiger partial charge on any atom is 0.289 e. The largest absolute Gasteiger partial charge is 0.379 e. The Balaban J connectivity index is 2.09. The summed E-state index contributed by atoms with van der Waals surface area (Å²) in [6.45, 7) is 3.51. The molecule has 0 saturated carbocycles. The topological polar surface area (TPSA) is 93.5 Å². The van der Waals surface area contributed by atoms with Gasteiger partial charge in [0.2, 0.25) is 5.91 Å². The molecule has 2 N–H and O–H groups in total. The van der Waals surface area contributed by atoms with Crippen LogP contribution in [0.5, 0.6) is 0 Å². The summed E-state index contributed by atoms with van der Waals surface area (Å²) in [7, 11) is 0. The van der Waals surface area contributed by atoms with Gasteiger partial charge in [0.15, 0.2) is 0 Å². The van der Waals surface area contributed by atoms with Gasteiger partial charge in [0.1, 0.15) is 5.02 Å². The van der Waals surface area contributed by atoms with E-state index in [0.29, 0.717) is 18.9 Å². The molecular formula is C13H16ClN3O4. The highest BCUT2D eigenvalue weighted by Gasteiger charge is 2.33. The van der Waals surface area contributed by atoms with Crippen molar-refractivity contribution in [1.82, 2.24) is 5.32 Å². The van der Waals surface area contributed by atoms with E-state index in [1.165, 1.54) is 18.2 Å². The fourth-order valence-corrected chi connectivity index (χ4v) is 2.43. The third-order valence-electron chi connectivity index (χ3n) is 3.29. The van der Waals surface area contributed by atoms with Crippen LogP contribution >= 0.6 is 11.6 Å². The van der Waals surface area contributed by atoms with E-state index in [0.717, 1.165) is 6.54 Å². The van der Waals surface area contributed by atoms with Gasteiger partial charge in [-0.15, -0.1) is 0 Å². The zero-order valence-electron chi connectivity index (χ0n) is 11.5. The number of hydrogen-bond acceptors (Lipinski definition) is 5. The first-order valence-corrected chi connectivity index (χ1v) is 6.96. The Morgan fingerprint density at radius 1 is 1.52 bits per heavy atom. The fraction of sp³-hybridized carbons (Fsp3) is 0.462. The van der Waals surface area contributed by atoms with Crippen LogP contribution < -0.4 is 10.6 Å². The number of anilines is 1. The molecule has 2 atom stereocenters. The van der Waals surface area contributed by atoms with E-state index >= 15 is 0 Å². The van der Waals surface area contributed by atoms with Gasteiger partial charge in [0, 0.05) is 17.8 Å². The lowest BCUT2D eigenvalue weighted by Gasteiger charge is -2.17. The van der Waals surface area contributed by atoms with Gasteiger partial charge in [-0.3, -0.25) is 14.9 Å². The number of carbonyl (C=O) groups excluding carboxylic acids is 1. The van der Waals surface area contributed by atoms with E-state index in [9.17, 15) is 14.9 Å². The van der Waals surface area contributed by atoms with Gasteiger partial charge in [0.25, 0.3) is 5.69 Å². The number of benzene rings is 1. The highest BCUT2D eigenvalue weighted by atomic mass is 35.5. The molecule has 0 bridgehead atoms. The van der Waals surface area contributed by atoms with Crippen LogP contribution in [0.3, 0.4) is 0 Å². The number of nitrogens with zero attached hydrogens (tertiary/aromatic N) is 1. The number of ether oxygens (including phenoxy) is 1. The monoisotopic (exact) mass is 313 g/mol. The molecule has 7 nitrogen and oxygen atoms in total. The number of likely N-dealkylation sites (N-methyl/N-ethyl adjacent to an activating group) is 1. The number of carbonyl (C=O) groups is 1. The van der Waals surface area contributed by atoms with Gasteiger partial charge in [0.05, 0.1) is 24.1 Å². The van der Waals surface area contributed by atoms with E-state index in [4.69, 9.17) is 16.3 Å². The third-order valence-corrected chi connectivity index (χ3v) is 3.61. The van der Waals surface area contributed by atoms with Crippen molar-refractivity contribution in [2.24, 2.45) is 5.92 Å². The maximum atomic E-state index is 12.2. The van der Waals surface area contributed by atoms with Crippen molar-refractivity contribution >= 4 is 28.9 Å². The Labute approximate surface area is 126 Å². The van der Waals surface area contributed by atoms with Crippen molar-refractivity contribution in [3.63, 3.8) is 0 Å². The number of nitro groups is 1. The Hall–Kier alpha value is -1.70. The number of amides is 1. The molecule has 1 amide bonds. The molecule has 21 heavy (non-hydrogen) atoms. The number of rotatable bonds is 5. The molecule has 0 aliphatic carbocycles. The number of halogens is 1. The molecule has 1 saturated heterocycles. The number of hydrogen-bond donors (Lipinski definition) is 2. The van der Waals surface area contributed by atoms with Gasteiger partial charge >= 0.3 is 0 Å². The minimum absolute atomic E-state index is 0.0349. The summed E-state index contributed by atoms with van der Waals surface area (Å²) in [5.74, 6) is -0.547. The van der Waals surface area contributed by atoms with Crippen LogP contribution in [0.2, 0.25) is 5.02 Å². The van der Waals surface area contributed by atoms with Crippen LogP contribution in [0.4, 0.5) is 11.4 Å². The summed E-state index contributed by atoms with van der Waals surface area (Å²) in [5, 5.41) is 16.7. The third kappa shape index (κ3) is 3.69. The summed E-state index contributed by atoms with van der Waals surface area (Å²) < 4.78 is 5.31. The van der Waals surface area contributed by atoms with Gasteiger partial charge in [-0.1, -0.05) is 18.5 Å². The lowest BCUT2D eigenvalue weighted by molar-refractivity contribution is -0.384. The van der Waals surface area contributed by atoms with Gasteiger partial charge < -0.3 is 15.4 Å². The first-order valence-electron chi connectivity index (χ1n) is 6.59. The summed E-state index contributed by atoms with van der Waals surface area (Å²) in [5.41, 5.74) is 0.110. The van der Waals surface area contributed by atoms with Crippen LogP contribution in [0.25, 0.3) is 0 Å². The normalized spacial score (nSPS) is 21.2. The van der Waals surface area contributed by atoms with E-state index in [1.54, 1.807) is 0 Å². The van der Waals surface area contributed by atoms with Gasteiger partial charge in [-0.05, 0) is 18.7 Å². The second kappa shape index (κ2) is 6.84. The van der Waals surface area contributed by atoms with Crippen molar-refractivity contribution in [2.75, 3.05) is 25.1 Å². The second-order valence-corrected chi connectivity index (χ2v) is 5.13. The van der Waals surface area contributed by atoms with Crippen molar-refractivity contribution in [2.45, 2.75) is 13.0 Å². The lowest BCUT2D eigenvalue weighted by Crippen LogP contribution is -2.41. The first-order chi connectivity index (χ1) is 10.0. The number of nitrogens with one attached hydrogen (secondary N) is 2. The molecule has 1 aromatic rings. The van der Waals surface area contributed by atoms with Crippen molar-refractivity contribution in [3.05, 3.63) is 33.3 Å². The number of nitro benzene ring substituents is 1. The lowest BCUT2D eigenvalue weighted by atomic mass is 10.0. The summed E-state index contributed by atoms with van der Waals surface area (Å²) >= 11 is 5.73. The Morgan fingerprint density at radius 3 is 2.95 bits per heavy atom. The Bertz CT molecular complexity index is 552. The molecule has 1 aliphatic rings. The SMILES string of the molecule is CCNC1COCC1C(=O)Nc1ccc(Cl)c([N+](=O)[O-])c1. The predicted octanol–water partition coefficient (Wildman–Crippen LogP) is 1.81. The maximum absolute atomic E-state index is 12.2. The zero-order chi connectivity index (χ0) is 15.4. The molecule has 8 heteroatoms. The van der Waals surface area contributed by atoms with E-state index in [1.807, 2.05) is 6.92 Å². The summed E-state index contributed by atoms with van der Waals surface area (Å²) in [6.07, 6.45) is 0. The van der Waals surface area contributed by atoms with Crippen LogP contribution in [-0.4, -0.2) is 36.6 Å². The molecule has 0 spiro atoms. The average molecular weight is 314 g/mol. The van der Waals surface area contributed by atoms with Crippen LogP contribution in [0.1, 0.15) is 6.92 Å². The molecule has 1 aromatic carbocycles. The summed E-state index contributed by atoms with van der Waals surface area (Å²) in [6, 6.07) is 4.13. The first kappa shape index (κ1) is 15.7. The Morgan fingerprint density at radius 2 is 2.29 bits per heavy atom. The highest BCUT2D eigenvalue weighted by Crippen LogP contribution is 2.28. The molecular weight excluding hydrogens is 298 g/mol. The molecule has 1 heterocycles. The Kier molecular flexibility index (Phi) is 5.11. The minimum atomic E-state index is -0.585. The van der Waals surface area contributed by atoms with E-state index in [-0.39, 0.29) is 28.6 Å². The van der Waals surface area contributed by atoms with Crippen LogP contribution in [0, 0.1) is 16.0 Å². The molecule has 2 rings (SSSR count). The molecule has 2 unspecified atom stereocenters. The van der Waals surface area contributed by atoms with Crippen molar-refractivity contribution < 1.29 is 14.5 Å². The van der Waals surface area contributed by atoms with Crippen LogP contribution in [-0.2, 0) is 9.53 Å². The molecule has 0 radical (unpaired) electrons. The highest BCUT2D eigenvalue weighted by molar-refractivity contribution is 6.32. The van der Waals surface area contributed by atoms with Crippen molar-refractivity contribution in [1.29, 1.82) is 0 Å². The predicted molar refractivity (Wildman–Crippen MR) is 78.5 cm³/mol. The molecule has 114 valence electrons. The average Bonchev–Trinajstić information content (AvgIpc) is 2.89. The second-order valence-electron chi connectivity index (χ2n) is 4.72. The van der Waals surface area contributed by atoms with Gasteiger partial charge in [-0.2, -0.15) is 0 Å². The molecule has 0 aromatic heterocycles. The summed E-state index contributed by atoms with van der Waals surface area (Å²) in [4.78, 5) is 22.5. The van der Waals surface area contributed by atoms with E-state index in [2.05, 4.69) is 10.6 Å².